The topological polar surface area (TPSA) is 125 Å². The van der Waals surface area contributed by atoms with Gasteiger partial charge in [0, 0.05) is 61.1 Å². The second kappa shape index (κ2) is 19.7. The van der Waals surface area contributed by atoms with Crippen LogP contribution < -0.4 is 15.5 Å². The number of benzene rings is 2. The van der Waals surface area contributed by atoms with Crippen LogP contribution in [-0.2, 0) is 30.0 Å². The van der Waals surface area contributed by atoms with Gasteiger partial charge in [-0.2, -0.15) is 0 Å². The van der Waals surface area contributed by atoms with Crippen LogP contribution in [0.25, 0.3) is 0 Å². The minimum atomic E-state index is -3.39. The van der Waals surface area contributed by atoms with Crippen molar-refractivity contribution in [2.75, 3.05) is 37.0 Å². The summed E-state index contributed by atoms with van der Waals surface area (Å²) < 4.78 is 15.9. The third-order valence-electron chi connectivity index (χ3n) is 6.98. The van der Waals surface area contributed by atoms with Gasteiger partial charge in [0.15, 0.2) is 0 Å². The van der Waals surface area contributed by atoms with Crippen LogP contribution >= 0.6 is 29.2 Å². The second-order valence-electron chi connectivity index (χ2n) is 10.9. The average Bonchev–Trinajstić information content (AvgIpc) is 3.00. The lowest BCUT2D eigenvalue weighted by Crippen LogP contribution is -2.33. The molecule has 0 bridgehead atoms. The van der Waals surface area contributed by atoms with Crippen molar-refractivity contribution in [2.24, 2.45) is 0 Å². The van der Waals surface area contributed by atoms with Crippen molar-refractivity contribution in [3.63, 3.8) is 0 Å². The van der Waals surface area contributed by atoms with Crippen LogP contribution in [0, 0.1) is 11.8 Å². The maximum atomic E-state index is 13.3. The minimum absolute atomic E-state index is 0.0427. The maximum Gasteiger partial charge on any atom is 0.325 e. The lowest BCUT2D eigenvalue weighted by molar-refractivity contribution is -0.125. The average molecular weight is 674 g/mol. The van der Waals surface area contributed by atoms with E-state index in [0.717, 1.165) is 60.2 Å². The van der Waals surface area contributed by atoms with Gasteiger partial charge in [-0.15, -0.1) is 0 Å². The Kier molecular flexibility index (Phi) is 16.1. The fourth-order valence-corrected chi connectivity index (χ4v) is 7.28. The molecule has 0 radical (unpaired) electrons. The smallest absolute Gasteiger partial charge is 0.325 e. The van der Waals surface area contributed by atoms with E-state index in [-0.39, 0.29) is 37.2 Å². The molecule has 244 valence electrons. The van der Waals surface area contributed by atoms with E-state index in [9.17, 15) is 18.9 Å². The highest BCUT2D eigenvalue weighted by Gasteiger charge is 2.21. The number of nitrogens with zero attached hydrogens (tertiary/aromatic N) is 1. The molecule has 0 spiro atoms. The van der Waals surface area contributed by atoms with Crippen molar-refractivity contribution in [1.82, 2.24) is 10.6 Å². The van der Waals surface area contributed by atoms with Crippen molar-refractivity contribution in [2.45, 2.75) is 70.1 Å². The van der Waals surface area contributed by atoms with Crippen LogP contribution in [-0.4, -0.2) is 60.0 Å². The van der Waals surface area contributed by atoms with Gasteiger partial charge in [-0.1, -0.05) is 83.5 Å². The molecule has 3 rings (SSSR count). The second-order valence-corrected chi connectivity index (χ2v) is 15.7. The molecule has 9 nitrogen and oxygen atoms in total. The van der Waals surface area contributed by atoms with Crippen LogP contribution in [0.2, 0.25) is 0 Å². The third-order valence-corrected chi connectivity index (χ3v) is 10.6. The summed E-state index contributed by atoms with van der Waals surface area (Å²) in [6, 6.07) is 15.4. The molecular formula is C33H44N3O6PS2. The molecule has 3 N–H and O–H groups in total. The van der Waals surface area contributed by atoms with Crippen molar-refractivity contribution in [3.8, 4) is 11.8 Å². The van der Waals surface area contributed by atoms with E-state index in [4.69, 9.17) is 9.42 Å². The molecule has 2 atom stereocenters. The van der Waals surface area contributed by atoms with Gasteiger partial charge in [0.2, 0.25) is 17.7 Å². The zero-order valence-corrected chi connectivity index (χ0v) is 28.6. The summed E-state index contributed by atoms with van der Waals surface area (Å²) in [6.07, 6.45) is 4.87. The molecule has 2 aromatic rings. The summed E-state index contributed by atoms with van der Waals surface area (Å²) in [5.74, 6) is 6.92. The Morgan fingerprint density at radius 1 is 0.933 bits per heavy atom. The number of fused-ring (bicyclic) bond motifs is 2. The van der Waals surface area contributed by atoms with Crippen LogP contribution in [0.3, 0.4) is 0 Å². The number of unbranched alkanes of at least 4 members (excludes halogenated alkanes) is 3. The first-order valence-corrected chi connectivity index (χ1v) is 19.8. The quantitative estimate of drug-likeness (QED) is 0.0731. The number of nitrogens with one attached hydrogen (secondary N) is 2. The van der Waals surface area contributed by atoms with Gasteiger partial charge in [-0.05, 0) is 43.0 Å². The number of rotatable bonds is 19. The van der Waals surface area contributed by atoms with Gasteiger partial charge in [0.05, 0.1) is 18.8 Å². The maximum absolute atomic E-state index is 13.3. The van der Waals surface area contributed by atoms with Gasteiger partial charge >= 0.3 is 7.60 Å². The highest BCUT2D eigenvalue weighted by atomic mass is 33.1. The number of para-hydroxylation sites is 1. The van der Waals surface area contributed by atoms with Gasteiger partial charge in [-0.25, -0.2) is 0 Å². The van der Waals surface area contributed by atoms with Crippen molar-refractivity contribution in [1.29, 1.82) is 0 Å². The fraction of sp³-hybridized carbons (Fsp3) is 0.485. The number of carbonyl (C=O) groups excluding carboxylic acids is 3. The van der Waals surface area contributed by atoms with E-state index in [2.05, 4.69) is 29.4 Å². The summed E-state index contributed by atoms with van der Waals surface area (Å²) in [5.41, 5.74) is 3.43. The molecule has 12 heteroatoms. The van der Waals surface area contributed by atoms with Gasteiger partial charge in [-0.3, -0.25) is 18.9 Å². The van der Waals surface area contributed by atoms with Crippen molar-refractivity contribution >= 4 is 52.6 Å². The lowest BCUT2D eigenvalue weighted by atomic mass is 10.0. The SMILES string of the molecule is CC(CCC(=O)NCCCCCCOP(C)(=O)O)SSCCNC(=O)CCC(=O)N1Cc2ccccc2C#Cc2ccccc21. The molecule has 0 aliphatic carbocycles. The molecule has 0 saturated carbocycles. The molecule has 0 fully saturated rings. The fourth-order valence-electron chi connectivity index (χ4n) is 4.56. The molecule has 1 aliphatic heterocycles. The van der Waals surface area contributed by atoms with Crippen LogP contribution in [0.4, 0.5) is 5.69 Å². The summed E-state index contributed by atoms with van der Waals surface area (Å²) in [6.45, 7) is 5.09. The first kappa shape index (κ1) is 36.7. The largest absolute Gasteiger partial charge is 0.356 e. The monoisotopic (exact) mass is 673 g/mol. The lowest BCUT2D eigenvalue weighted by Gasteiger charge is -2.26. The Balaban J connectivity index is 1.25. The summed E-state index contributed by atoms with van der Waals surface area (Å²) in [5, 5.41) is 6.16. The highest BCUT2D eigenvalue weighted by molar-refractivity contribution is 8.76. The molecule has 2 unspecified atom stereocenters. The Labute approximate surface area is 275 Å². The van der Waals surface area contributed by atoms with Crippen molar-refractivity contribution < 1.29 is 28.4 Å². The molecule has 0 aromatic heterocycles. The third kappa shape index (κ3) is 14.5. The Bertz CT molecular complexity index is 1390. The number of anilines is 1. The van der Waals surface area contributed by atoms with Crippen LogP contribution in [0.15, 0.2) is 48.5 Å². The number of carbonyl (C=O) groups is 3. The highest BCUT2D eigenvalue weighted by Crippen LogP contribution is 2.36. The first-order chi connectivity index (χ1) is 21.6. The van der Waals surface area contributed by atoms with Crippen molar-refractivity contribution in [3.05, 3.63) is 65.2 Å². The molecule has 3 amide bonds. The van der Waals surface area contributed by atoms with E-state index < -0.39 is 7.60 Å². The predicted octanol–water partition coefficient (Wildman–Crippen LogP) is 5.89. The van der Waals surface area contributed by atoms with E-state index in [1.165, 1.54) is 6.66 Å². The number of amides is 3. The van der Waals surface area contributed by atoms with E-state index >= 15 is 0 Å². The molecule has 1 aliphatic rings. The molecule has 45 heavy (non-hydrogen) atoms. The van der Waals surface area contributed by atoms with E-state index in [1.807, 2.05) is 48.5 Å². The van der Waals surface area contributed by atoms with E-state index in [0.29, 0.717) is 31.3 Å². The minimum Gasteiger partial charge on any atom is -0.356 e. The zero-order valence-electron chi connectivity index (χ0n) is 26.1. The summed E-state index contributed by atoms with van der Waals surface area (Å²) in [4.78, 5) is 48.7. The Morgan fingerprint density at radius 3 is 2.40 bits per heavy atom. The Hall–Kier alpha value is -2.74. The zero-order chi connectivity index (χ0) is 32.5. The van der Waals surface area contributed by atoms with Gasteiger partial charge < -0.3 is 25.0 Å². The normalized spacial score (nSPS) is 14.0. The van der Waals surface area contributed by atoms with Crippen LogP contribution in [0.1, 0.15) is 75.0 Å². The van der Waals surface area contributed by atoms with Gasteiger partial charge in [0.1, 0.15) is 0 Å². The first-order valence-electron chi connectivity index (χ1n) is 15.4. The Morgan fingerprint density at radius 2 is 1.60 bits per heavy atom. The van der Waals surface area contributed by atoms with E-state index in [1.54, 1.807) is 26.5 Å². The summed E-state index contributed by atoms with van der Waals surface area (Å²) in [7, 11) is -0.0223. The van der Waals surface area contributed by atoms with Crippen LogP contribution in [0.5, 0.6) is 0 Å². The molecule has 2 aromatic carbocycles. The molecule has 1 heterocycles. The van der Waals surface area contributed by atoms with Gasteiger partial charge in [0.25, 0.3) is 0 Å². The standard InChI is InChI=1S/C33H44N3O6PS2/c1-26(15-18-31(37)34-21-9-3-4-10-23-42-43(2,40)41)45-44-24-22-35-32(38)19-20-33(39)36-25-29-13-6-5-11-27(29)16-17-28-12-7-8-14-30(28)36/h5-8,11-14,26H,3-4,9-10,15,18-25H2,1-2H3,(H,34,37)(H,35,38)(H,40,41). The number of hydrogen-bond donors (Lipinski definition) is 3. The summed E-state index contributed by atoms with van der Waals surface area (Å²) >= 11 is 0. The molecule has 0 saturated heterocycles. The molecular weight excluding hydrogens is 629 g/mol. The predicted molar refractivity (Wildman–Crippen MR) is 184 cm³/mol. The number of hydrogen-bond acceptors (Lipinski definition) is 7.